The third-order valence-corrected chi connectivity index (χ3v) is 6.27. The Labute approximate surface area is 173 Å². The minimum Gasteiger partial charge on any atom is -0.372 e. The summed E-state index contributed by atoms with van der Waals surface area (Å²) in [5.41, 5.74) is 0.918. The molecule has 3 N–H and O–H groups in total. The Morgan fingerprint density at radius 3 is 2.47 bits per heavy atom. The number of hydrogen-bond acceptors (Lipinski definition) is 5. The number of H-pyrrole nitrogens is 2. The molecule has 4 rings (SSSR count). The number of carbonyl (C=O) groups is 1. The number of fused-ring (bicyclic) bond motifs is 1. The van der Waals surface area contributed by atoms with Gasteiger partial charge in [0.25, 0.3) is 15.9 Å². The molecule has 0 aliphatic carbocycles. The average molecular weight is 430 g/mol. The molecular weight excluding hydrogens is 408 g/mol. The zero-order chi connectivity index (χ0) is 21.5. The summed E-state index contributed by atoms with van der Waals surface area (Å²) in [5.74, 6) is -0.263. The van der Waals surface area contributed by atoms with Crippen molar-refractivity contribution in [3.8, 4) is 0 Å². The summed E-state index contributed by atoms with van der Waals surface area (Å²) >= 11 is 0. The molecule has 0 spiro atoms. The van der Waals surface area contributed by atoms with Gasteiger partial charge in [-0.1, -0.05) is 12.1 Å². The first kappa shape index (κ1) is 20.2. The Kier molecular flexibility index (Phi) is 5.12. The number of aromatic amines is 2. The van der Waals surface area contributed by atoms with Gasteiger partial charge in [-0.2, -0.15) is 0 Å². The van der Waals surface area contributed by atoms with Gasteiger partial charge in [0, 0.05) is 13.1 Å². The van der Waals surface area contributed by atoms with Crippen molar-refractivity contribution < 1.29 is 17.9 Å². The average Bonchev–Trinajstić information content (AvgIpc) is 3.06. The van der Waals surface area contributed by atoms with E-state index < -0.39 is 15.7 Å². The molecule has 1 aliphatic rings. The van der Waals surface area contributed by atoms with E-state index in [1.807, 2.05) is 13.8 Å². The number of sulfonamides is 1. The Balaban J connectivity index is 1.64. The second-order valence-electron chi connectivity index (χ2n) is 7.41. The van der Waals surface area contributed by atoms with E-state index >= 15 is 0 Å². The highest BCUT2D eigenvalue weighted by atomic mass is 32.2. The molecule has 0 saturated carbocycles. The third kappa shape index (κ3) is 3.96. The van der Waals surface area contributed by atoms with Crippen molar-refractivity contribution in [3.63, 3.8) is 0 Å². The van der Waals surface area contributed by atoms with Gasteiger partial charge in [0.1, 0.15) is 0 Å². The Morgan fingerprint density at radius 2 is 1.73 bits per heavy atom. The second kappa shape index (κ2) is 7.62. The molecule has 9 nitrogen and oxygen atoms in total. The number of nitrogens with one attached hydrogen (secondary N) is 3. The normalized spacial score (nSPS) is 19.7. The number of aromatic nitrogens is 2. The lowest BCUT2D eigenvalue weighted by atomic mass is 10.1. The number of carbonyl (C=O) groups excluding carboxylic acids is 1. The van der Waals surface area contributed by atoms with E-state index in [4.69, 9.17) is 4.74 Å². The van der Waals surface area contributed by atoms with Gasteiger partial charge < -0.3 is 19.6 Å². The zero-order valence-electron chi connectivity index (χ0n) is 16.5. The molecular formula is C20H22N4O5S. The maximum atomic E-state index is 13.1. The maximum Gasteiger partial charge on any atom is 0.323 e. The second-order valence-corrected chi connectivity index (χ2v) is 9.09. The van der Waals surface area contributed by atoms with Crippen LogP contribution in [0.2, 0.25) is 0 Å². The molecule has 0 unspecified atom stereocenters. The molecule has 3 aromatic rings. The van der Waals surface area contributed by atoms with Crippen molar-refractivity contribution in [2.45, 2.75) is 31.0 Å². The molecule has 30 heavy (non-hydrogen) atoms. The number of rotatable bonds is 4. The molecule has 2 aromatic carbocycles. The van der Waals surface area contributed by atoms with Gasteiger partial charge in [0.2, 0.25) is 0 Å². The van der Waals surface area contributed by atoms with E-state index in [1.54, 1.807) is 29.2 Å². The minimum absolute atomic E-state index is 0.0267. The summed E-state index contributed by atoms with van der Waals surface area (Å²) in [4.78, 5) is 31.3. The Bertz CT molecular complexity index is 1250. The predicted molar refractivity (Wildman–Crippen MR) is 112 cm³/mol. The summed E-state index contributed by atoms with van der Waals surface area (Å²) in [6.45, 7) is 4.65. The molecule has 1 amide bonds. The third-order valence-electron chi connectivity index (χ3n) is 4.91. The maximum absolute atomic E-state index is 13.1. The SMILES string of the molecule is C[C@@H]1CN(C(=O)c2ccccc2NS(=O)(=O)c2ccc3[nH]c(=O)[nH]c3c2)C[C@@H](C)O1. The molecule has 1 aromatic heterocycles. The van der Waals surface area contributed by atoms with Gasteiger partial charge in [0.15, 0.2) is 0 Å². The number of nitrogens with zero attached hydrogens (tertiary/aromatic N) is 1. The number of hydrogen-bond donors (Lipinski definition) is 3. The highest BCUT2D eigenvalue weighted by Crippen LogP contribution is 2.24. The van der Waals surface area contributed by atoms with E-state index in [1.165, 1.54) is 18.2 Å². The summed E-state index contributed by atoms with van der Waals surface area (Å²) < 4.78 is 34.1. The first-order chi connectivity index (χ1) is 14.2. The number of ether oxygens (including phenoxy) is 1. The van der Waals surface area contributed by atoms with Crippen LogP contribution >= 0.6 is 0 Å². The lowest BCUT2D eigenvalue weighted by Crippen LogP contribution is -2.48. The standard InChI is InChI=1S/C20H22N4O5S/c1-12-10-24(11-13(2)29-12)19(25)15-5-3-4-6-16(15)23-30(27,28)14-7-8-17-18(9-14)22-20(26)21-17/h3-9,12-13,23H,10-11H2,1-2H3,(H2,21,22,26)/t12-,13-/m1/s1. The summed E-state index contributed by atoms with van der Waals surface area (Å²) in [6.07, 6.45) is -0.200. The molecule has 10 heteroatoms. The molecule has 1 aliphatic heterocycles. The van der Waals surface area contributed by atoms with E-state index in [2.05, 4.69) is 14.7 Å². The van der Waals surface area contributed by atoms with E-state index in [0.29, 0.717) is 24.1 Å². The fraction of sp³-hybridized carbons (Fsp3) is 0.300. The van der Waals surface area contributed by atoms with Gasteiger partial charge in [0.05, 0.1) is 39.4 Å². The Hall–Kier alpha value is -3.11. The number of para-hydroxylation sites is 1. The number of amides is 1. The van der Waals surface area contributed by atoms with Crippen molar-refractivity contribution in [1.82, 2.24) is 14.9 Å². The lowest BCUT2D eigenvalue weighted by Gasteiger charge is -2.35. The van der Waals surface area contributed by atoms with Crippen LogP contribution in [0.25, 0.3) is 11.0 Å². The smallest absolute Gasteiger partial charge is 0.323 e. The van der Waals surface area contributed by atoms with Crippen LogP contribution in [0.1, 0.15) is 24.2 Å². The van der Waals surface area contributed by atoms with Crippen LogP contribution < -0.4 is 10.4 Å². The number of benzene rings is 2. The van der Waals surface area contributed by atoms with Gasteiger partial charge in [-0.05, 0) is 44.2 Å². The zero-order valence-corrected chi connectivity index (χ0v) is 17.3. The molecule has 158 valence electrons. The fourth-order valence-electron chi connectivity index (χ4n) is 3.66. The largest absolute Gasteiger partial charge is 0.372 e. The quantitative estimate of drug-likeness (QED) is 0.583. The van der Waals surface area contributed by atoms with Crippen molar-refractivity contribution in [2.24, 2.45) is 0 Å². The first-order valence-electron chi connectivity index (χ1n) is 9.51. The minimum atomic E-state index is -3.99. The van der Waals surface area contributed by atoms with Crippen molar-refractivity contribution in [2.75, 3.05) is 17.8 Å². The van der Waals surface area contributed by atoms with Gasteiger partial charge in [-0.15, -0.1) is 0 Å². The van der Waals surface area contributed by atoms with Gasteiger partial charge >= 0.3 is 5.69 Å². The molecule has 2 atom stereocenters. The summed E-state index contributed by atoms with van der Waals surface area (Å²) in [7, 11) is -3.99. The summed E-state index contributed by atoms with van der Waals surface area (Å²) in [5, 5.41) is 0. The number of morpholine rings is 1. The van der Waals surface area contributed by atoms with Crippen LogP contribution in [0.15, 0.2) is 52.2 Å². The highest BCUT2D eigenvalue weighted by molar-refractivity contribution is 7.92. The van der Waals surface area contributed by atoms with Crippen molar-refractivity contribution >= 4 is 32.7 Å². The van der Waals surface area contributed by atoms with Crippen LogP contribution in [0.4, 0.5) is 5.69 Å². The molecule has 0 bridgehead atoms. The molecule has 1 saturated heterocycles. The van der Waals surface area contributed by atoms with E-state index in [-0.39, 0.29) is 34.3 Å². The van der Waals surface area contributed by atoms with Crippen LogP contribution in [0.5, 0.6) is 0 Å². The highest BCUT2D eigenvalue weighted by Gasteiger charge is 2.28. The molecule has 2 heterocycles. The van der Waals surface area contributed by atoms with Crippen LogP contribution in [-0.2, 0) is 14.8 Å². The predicted octanol–water partition coefficient (Wildman–Crippen LogP) is 1.91. The monoisotopic (exact) mass is 430 g/mol. The molecule has 0 radical (unpaired) electrons. The topological polar surface area (TPSA) is 124 Å². The van der Waals surface area contributed by atoms with E-state index in [9.17, 15) is 18.0 Å². The van der Waals surface area contributed by atoms with Gasteiger partial charge in [-0.25, -0.2) is 13.2 Å². The fourth-order valence-corrected chi connectivity index (χ4v) is 4.76. The van der Waals surface area contributed by atoms with E-state index in [0.717, 1.165) is 0 Å². The first-order valence-corrected chi connectivity index (χ1v) is 11.0. The summed E-state index contributed by atoms with van der Waals surface area (Å²) in [6, 6.07) is 10.8. The van der Waals surface area contributed by atoms with Crippen molar-refractivity contribution in [1.29, 1.82) is 0 Å². The van der Waals surface area contributed by atoms with Crippen molar-refractivity contribution in [3.05, 3.63) is 58.5 Å². The van der Waals surface area contributed by atoms with Crippen LogP contribution in [-0.4, -0.2) is 54.5 Å². The number of imidazole rings is 1. The van der Waals surface area contributed by atoms with Crippen LogP contribution in [0, 0.1) is 0 Å². The number of anilines is 1. The van der Waals surface area contributed by atoms with Crippen LogP contribution in [0.3, 0.4) is 0 Å². The Morgan fingerprint density at radius 1 is 1.07 bits per heavy atom. The lowest BCUT2D eigenvalue weighted by molar-refractivity contribution is -0.0585. The molecule has 1 fully saturated rings. The van der Waals surface area contributed by atoms with Gasteiger partial charge in [-0.3, -0.25) is 9.52 Å².